The average molecular weight is 338 g/mol. The first-order valence-corrected chi connectivity index (χ1v) is 8.68. The standard InChI is InChI=1S/C21H26N2O2/c1-5-13-23(21(25)19-14-15(2)11-12-16(19)3)17(4)20(24)22-18-9-7-6-8-10-18/h6-12,14,17H,5,13H2,1-4H3,(H,22,24). The molecule has 1 N–H and O–H groups in total. The van der Waals surface area contributed by atoms with Crippen LogP contribution in [-0.2, 0) is 4.79 Å². The van der Waals surface area contributed by atoms with E-state index in [2.05, 4.69) is 5.32 Å². The molecule has 4 heteroatoms. The maximum Gasteiger partial charge on any atom is 0.254 e. The highest BCUT2D eigenvalue weighted by Gasteiger charge is 2.27. The number of rotatable bonds is 6. The minimum Gasteiger partial charge on any atom is -0.327 e. The zero-order valence-corrected chi connectivity index (χ0v) is 15.4. The predicted molar refractivity (Wildman–Crippen MR) is 102 cm³/mol. The molecular formula is C21H26N2O2. The van der Waals surface area contributed by atoms with Crippen molar-refractivity contribution >= 4 is 17.5 Å². The number of amides is 2. The lowest BCUT2D eigenvalue weighted by molar-refractivity contribution is -0.120. The lowest BCUT2D eigenvalue weighted by Crippen LogP contribution is -2.46. The summed E-state index contributed by atoms with van der Waals surface area (Å²) >= 11 is 0. The first-order valence-electron chi connectivity index (χ1n) is 8.68. The van der Waals surface area contributed by atoms with Gasteiger partial charge in [-0.25, -0.2) is 0 Å². The second kappa shape index (κ2) is 8.47. The molecule has 1 atom stereocenters. The molecule has 25 heavy (non-hydrogen) atoms. The highest BCUT2D eigenvalue weighted by atomic mass is 16.2. The summed E-state index contributed by atoms with van der Waals surface area (Å²) in [4.78, 5) is 27.3. The molecule has 2 rings (SSSR count). The molecule has 2 aromatic carbocycles. The molecule has 0 saturated carbocycles. The fraction of sp³-hybridized carbons (Fsp3) is 0.333. The van der Waals surface area contributed by atoms with Crippen molar-refractivity contribution in [3.05, 3.63) is 65.2 Å². The van der Waals surface area contributed by atoms with Gasteiger partial charge in [-0.15, -0.1) is 0 Å². The summed E-state index contributed by atoms with van der Waals surface area (Å²) in [6.45, 7) is 8.20. The fourth-order valence-corrected chi connectivity index (χ4v) is 2.74. The Morgan fingerprint density at radius 1 is 1.08 bits per heavy atom. The summed E-state index contributed by atoms with van der Waals surface area (Å²) in [5.74, 6) is -0.280. The molecular weight excluding hydrogens is 312 g/mol. The van der Waals surface area contributed by atoms with Gasteiger partial charge in [0.15, 0.2) is 0 Å². The van der Waals surface area contributed by atoms with Crippen molar-refractivity contribution in [3.63, 3.8) is 0 Å². The Bertz CT molecular complexity index is 741. The van der Waals surface area contributed by atoms with Gasteiger partial charge in [0.05, 0.1) is 0 Å². The van der Waals surface area contributed by atoms with Gasteiger partial charge in [0.25, 0.3) is 5.91 Å². The van der Waals surface area contributed by atoms with Crippen molar-refractivity contribution < 1.29 is 9.59 Å². The molecule has 0 saturated heterocycles. The van der Waals surface area contributed by atoms with Gasteiger partial charge >= 0.3 is 0 Å². The van der Waals surface area contributed by atoms with E-state index in [9.17, 15) is 9.59 Å². The molecule has 0 aliphatic carbocycles. The molecule has 0 aromatic heterocycles. The Morgan fingerprint density at radius 2 is 1.76 bits per heavy atom. The van der Waals surface area contributed by atoms with Gasteiger partial charge in [0, 0.05) is 17.8 Å². The highest BCUT2D eigenvalue weighted by molar-refractivity contribution is 6.01. The number of para-hydroxylation sites is 1. The van der Waals surface area contributed by atoms with Crippen LogP contribution >= 0.6 is 0 Å². The van der Waals surface area contributed by atoms with E-state index in [1.807, 2.05) is 69.3 Å². The lowest BCUT2D eigenvalue weighted by Gasteiger charge is -2.29. The number of hydrogen-bond acceptors (Lipinski definition) is 2. The van der Waals surface area contributed by atoms with E-state index in [4.69, 9.17) is 0 Å². The number of benzene rings is 2. The van der Waals surface area contributed by atoms with E-state index >= 15 is 0 Å². The fourth-order valence-electron chi connectivity index (χ4n) is 2.74. The van der Waals surface area contributed by atoms with Crippen molar-refractivity contribution in [2.45, 2.75) is 40.2 Å². The predicted octanol–water partition coefficient (Wildman–Crippen LogP) is 4.18. The molecule has 2 aromatic rings. The van der Waals surface area contributed by atoms with Crippen molar-refractivity contribution in [3.8, 4) is 0 Å². The van der Waals surface area contributed by atoms with Gasteiger partial charge in [0.2, 0.25) is 5.91 Å². The number of aryl methyl sites for hydroxylation is 2. The Hall–Kier alpha value is -2.62. The van der Waals surface area contributed by atoms with Gasteiger partial charge < -0.3 is 10.2 Å². The molecule has 2 amide bonds. The van der Waals surface area contributed by atoms with Crippen LogP contribution in [0, 0.1) is 13.8 Å². The molecule has 1 unspecified atom stereocenters. The van der Waals surface area contributed by atoms with Crippen LogP contribution in [0.1, 0.15) is 41.8 Å². The van der Waals surface area contributed by atoms with E-state index in [1.54, 1.807) is 11.8 Å². The Kier molecular flexibility index (Phi) is 6.34. The van der Waals surface area contributed by atoms with E-state index < -0.39 is 6.04 Å². The maximum absolute atomic E-state index is 13.1. The summed E-state index contributed by atoms with van der Waals surface area (Å²) in [6.07, 6.45) is 0.791. The molecule has 0 aliphatic rings. The number of hydrogen-bond donors (Lipinski definition) is 1. The molecule has 4 nitrogen and oxygen atoms in total. The van der Waals surface area contributed by atoms with Crippen molar-refractivity contribution in [1.82, 2.24) is 4.90 Å². The first kappa shape index (κ1) is 18.7. The monoisotopic (exact) mass is 338 g/mol. The third-order valence-corrected chi connectivity index (χ3v) is 4.24. The molecule has 0 spiro atoms. The molecule has 0 aliphatic heterocycles. The van der Waals surface area contributed by atoms with Crippen LogP contribution < -0.4 is 5.32 Å². The SMILES string of the molecule is CCCN(C(=O)c1cc(C)ccc1C)C(C)C(=O)Nc1ccccc1. The Balaban J connectivity index is 2.22. The molecule has 132 valence electrons. The van der Waals surface area contributed by atoms with Crippen LogP contribution in [0.4, 0.5) is 5.69 Å². The highest BCUT2D eigenvalue weighted by Crippen LogP contribution is 2.17. The minimum atomic E-state index is -0.549. The van der Waals surface area contributed by atoms with Crippen molar-refractivity contribution in [2.75, 3.05) is 11.9 Å². The molecule has 0 fully saturated rings. The quantitative estimate of drug-likeness (QED) is 0.859. The van der Waals surface area contributed by atoms with Gasteiger partial charge in [-0.05, 0) is 51.0 Å². The summed E-state index contributed by atoms with van der Waals surface area (Å²) < 4.78 is 0. The normalized spacial score (nSPS) is 11.7. The van der Waals surface area contributed by atoms with Gasteiger partial charge in [-0.1, -0.05) is 42.8 Å². The van der Waals surface area contributed by atoms with Crippen LogP contribution in [0.25, 0.3) is 0 Å². The van der Waals surface area contributed by atoms with Crippen LogP contribution in [-0.4, -0.2) is 29.3 Å². The average Bonchev–Trinajstić information content (AvgIpc) is 2.61. The number of anilines is 1. The summed E-state index contributed by atoms with van der Waals surface area (Å²) in [5.41, 5.74) is 3.35. The summed E-state index contributed by atoms with van der Waals surface area (Å²) in [5, 5.41) is 2.88. The maximum atomic E-state index is 13.1. The second-order valence-electron chi connectivity index (χ2n) is 6.35. The number of carbonyl (C=O) groups excluding carboxylic acids is 2. The van der Waals surface area contributed by atoms with E-state index in [1.165, 1.54) is 0 Å². The van der Waals surface area contributed by atoms with E-state index in [0.29, 0.717) is 12.1 Å². The number of carbonyl (C=O) groups is 2. The second-order valence-corrected chi connectivity index (χ2v) is 6.35. The Morgan fingerprint density at radius 3 is 2.40 bits per heavy atom. The Labute approximate surface area is 149 Å². The summed E-state index contributed by atoms with van der Waals surface area (Å²) in [7, 11) is 0. The molecule has 0 heterocycles. The van der Waals surface area contributed by atoms with Crippen LogP contribution in [0.5, 0.6) is 0 Å². The van der Waals surface area contributed by atoms with Crippen LogP contribution in [0.3, 0.4) is 0 Å². The zero-order valence-electron chi connectivity index (χ0n) is 15.4. The first-order chi connectivity index (χ1) is 11.9. The third-order valence-electron chi connectivity index (χ3n) is 4.24. The topological polar surface area (TPSA) is 49.4 Å². The number of nitrogens with one attached hydrogen (secondary N) is 1. The minimum absolute atomic E-state index is 0.0984. The van der Waals surface area contributed by atoms with E-state index in [-0.39, 0.29) is 11.8 Å². The molecule has 0 radical (unpaired) electrons. The smallest absolute Gasteiger partial charge is 0.254 e. The van der Waals surface area contributed by atoms with Crippen LogP contribution in [0.15, 0.2) is 48.5 Å². The van der Waals surface area contributed by atoms with Crippen LogP contribution in [0.2, 0.25) is 0 Å². The molecule has 0 bridgehead atoms. The largest absolute Gasteiger partial charge is 0.327 e. The number of nitrogens with zero attached hydrogens (tertiary/aromatic N) is 1. The third kappa shape index (κ3) is 4.69. The lowest BCUT2D eigenvalue weighted by atomic mass is 10.0. The zero-order chi connectivity index (χ0) is 18.4. The summed E-state index contributed by atoms with van der Waals surface area (Å²) in [6, 6.07) is 14.6. The van der Waals surface area contributed by atoms with E-state index in [0.717, 1.165) is 23.2 Å². The van der Waals surface area contributed by atoms with Gasteiger partial charge in [-0.3, -0.25) is 9.59 Å². The van der Waals surface area contributed by atoms with Gasteiger partial charge in [0.1, 0.15) is 6.04 Å². The van der Waals surface area contributed by atoms with Crippen molar-refractivity contribution in [1.29, 1.82) is 0 Å². The van der Waals surface area contributed by atoms with Gasteiger partial charge in [-0.2, -0.15) is 0 Å². The van der Waals surface area contributed by atoms with Crippen molar-refractivity contribution in [2.24, 2.45) is 0 Å².